The van der Waals surface area contributed by atoms with Gasteiger partial charge in [-0.25, -0.2) is 4.98 Å². The molecule has 3 heterocycles. The molecule has 1 atom stereocenters. The maximum Gasteiger partial charge on any atom is 0.229 e. The Morgan fingerprint density at radius 3 is 2.88 bits per heavy atom. The number of anilines is 2. The van der Waals surface area contributed by atoms with Crippen LogP contribution in [0.25, 0.3) is 0 Å². The Morgan fingerprint density at radius 2 is 2.21 bits per heavy atom. The predicted molar refractivity (Wildman–Crippen MR) is 91.4 cm³/mol. The molecule has 0 spiro atoms. The van der Waals surface area contributed by atoms with Crippen molar-refractivity contribution < 1.29 is 9.53 Å². The van der Waals surface area contributed by atoms with Crippen molar-refractivity contribution in [2.45, 2.75) is 12.8 Å². The highest BCUT2D eigenvalue weighted by Gasteiger charge is 2.26. The molecule has 2 aromatic heterocycles. The van der Waals surface area contributed by atoms with Crippen molar-refractivity contribution in [2.75, 3.05) is 30.4 Å². The summed E-state index contributed by atoms with van der Waals surface area (Å²) in [6.45, 7) is 1.45. The van der Waals surface area contributed by atoms with E-state index in [0.717, 1.165) is 25.2 Å². The highest BCUT2D eigenvalue weighted by atomic mass is 35.5. The predicted octanol–water partition coefficient (Wildman–Crippen LogP) is 2.39. The fraction of sp³-hybridized carbons (Fsp3) is 0.375. The number of nitrogens with zero attached hydrogens (tertiary/aromatic N) is 4. The van der Waals surface area contributed by atoms with Gasteiger partial charge < -0.3 is 15.0 Å². The zero-order chi connectivity index (χ0) is 16.9. The molecular weight excluding hydrogens is 330 g/mol. The molecule has 0 aliphatic carbocycles. The molecule has 1 aliphatic heterocycles. The van der Waals surface area contributed by atoms with Gasteiger partial charge in [-0.3, -0.25) is 4.79 Å². The quantitative estimate of drug-likeness (QED) is 0.914. The SMILES string of the molecule is COc1ccc(NC(=O)C2CCCN(c3ccc(Cl)nn3)C2)cn1. The molecule has 7 nitrogen and oxygen atoms in total. The lowest BCUT2D eigenvalue weighted by molar-refractivity contribution is -0.120. The number of pyridine rings is 1. The standard InChI is InChI=1S/C16H18ClN5O2/c1-24-15-7-4-12(9-18-15)19-16(23)11-3-2-8-22(10-11)14-6-5-13(17)20-21-14/h4-7,9,11H,2-3,8,10H2,1H3,(H,19,23). The van der Waals surface area contributed by atoms with Gasteiger partial charge in [0, 0.05) is 19.2 Å². The molecule has 1 amide bonds. The van der Waals surface area contributed by atoms with Crippen molar-refractivity contribution in [3.05, 3.63) is 35.6 Å². The van der Waals surface area contributed by atoms with Crippen LogP contribution in [0.15, 0.2) is 30.5 Å². The smallest absolute Gasteiger partial charge is 0.229 e. The lowest BCUT2D eigenvalue weighted by atomic mass is 9.97. The molecule has 8 heteroatoms. The van der Waals surface area contributed by atoms with Crippen LogP contribution in [0, 0.1) is 5.92 Å². The van der Waals surface area contributed by atoms with Crippen LogP contribution in [0.5, 0.6) is 5.88 Å². The molecule has 1 saturated heterocycles. The van der Waals surface area contributed by atoms with Gasteiger partial charge in [-0.05, 0) is 31.0 Å². The molecule has 24 heavy (non-hydrogen) atoms. The number of aromatic nitrogens is 3. The lowest BCUT2D eigenvalue weighted by Gasteiger charge is -2.32. The summed E-state index contributed by atoms with van der Waals surface area (Å²) < 4.78 is 5.01. The molecule has 1 unspecified atom stereocenters. The number of amides is 1. The summed E-state index contributed by atoms with van der Waals surface area (Å²) in [6, 6.07) is 7.01. The zero-order valence-corrected chi connectivity index (χ0v) is 14.0. The molecule has 2 aromatic rings. The average Bonchev–Trinajstić information content (AvgIpc) is 2.63. The van der Waals surface area contributed by atoms with Crippen LogP contribution in [-0.4, -0.2) is 41.3 Å². The van der Waals surface area contributed by atoms with Gasteiger partial charge in [0.05, 0.1) is 24.9 Å². The number of carbonyl (C=O) groups is 1. The van der Waals surface area contributed by atoms with Crippen molar-refractivity contribution in [1.82, 2.24) is 15.2 Å². The largest absolute Gasteiger partial charge is 0.481 e. The van der Waals surface area contributed by atoms with Crippen LogP contribution in [0.1, 0.15) is 12.8 Å². The minimum Gasteiger partial charge on any atom is -0.481 e. The van der Waals surface area contributed by atoms with Gasteiger partial charge in [0.25, 0.3) is 0 Å². The van der Waals surface area contributed by atoms with Gasteiger partial charge in [0.2, 0.25) is 11.8 Å². The van der Waals surface area contributed by atoms with E-state index >= 15 is 0 Å². The first-order chi connectivity index (χ1) is 11.7. The van der Waals surface area contributed by atoms with Gasteiger partial charge in [-0.2, -0.15) is 0 Å². The molecule has 1 aliphatic rings. The Balaban J connectivity index is 1.63. The lowest BCUT2D eigenvalue weighted by Crippen LogP contribution is -2.41. The number of piperidine rings is 1. The van der Waals surface area contributed by atoms with Gasteiger partial charge in [-0.15, -0.1) is 10.2 Å². The van der Waals surface area contributed by atoms with E-state index in [4.69, 9.17) is 16.3 Å². The van der Waals surface area contributed by atoms with Gasteiger partial charge in [0.15, 0.2) is 11.0 Å². The van der Waals surface area contributed by atoms with Crippen LogP contribution in [0.4, 0.5) is 11.5 Å². The maximum absolute atomic E-state index is 12.5. The van der Waals surface area contributed by atoms with Gasteiger partial charge >= 0.3 is 0 Å². The minimum absolute atomic E-state index is 0.0198. The number of rotatable bonds is 4. The molecule has 0 saturated carbocycles. The Morgan fingerprint density at radius 1 is 1.33 bits per heavy atom. The number of nitrogens with one attached hydrogen (secondary N) is 1. The minimum atomic E-state index is -0.113. The molecular formula is C16H18ClN5O2. The van der Waals surface area contributed by atoms with E-state index in [-0.39, 0.29) is 11.8 Å². The molecule has 1 N–H and O–H groups in total. The molecule has 126 valence electrons. The van der Waals surface area contributed by atoms with E-state index in [1.54, 1.807) is 31.5 Å². The topological polar surface area (TPSA) is 80.2 Å². The highest BCUT2D eigenvalue weighted by Crippen LogP contribution is 2.23. The fourth-order valence-electron chi connectivity index (χ4n) is 2.70. The zero-order valence-electron chi connectivity index (χ0n) is 13.3. The van der Waals surface area contributed by atoms with Gasteiger partial charge in [0.1, 0.15) is 0 Å². The Bertz CT molecular complexity index is 693. The van der Waals surface area contributed by atoms with Crippen molar-refractivity contribution in [2.24, 2.45) is 5.92 Å². The molecule has 0 radical (unpaired) electrons. The third-order valence-electron chi connectivity index (χ3n) is 3.95. The summed E-state index contributed by atoms with van der Waals surface area (Å²) >= 11 is 5.77. The summed E-state index contributed by atoms with van der Waals surface area (Å²) in [6.07, 6.45) is 3.35. The molecule has 3 rings (SSSR count). The monoisotopic (exact) mass is 347 g/mol. The van der Waals surface area contributed by atoms with E-state index in [9.17, 15) is 4.79 Å². The third-order valence-corrected chi connectivity index (χ3v) is 4.15. The first-order valence-electron chi connectivity index (χ1n) is 7.71. The number of hydrogen-bond acceptors (Lipinski definition) is 6. The Labute approximate surface area is 145 Å². The van der Waals surface area contributed by atoms with E-state index < -0.39 is 0 Å². The second kappa shape index (κ2) is 7.44. The maximum atomic E-state index is 12.5. The number of methoxy groups -OCH3 is 1. The Hall–Kier alpha value is -2.41. The second-order valence-corrected chi connectivity index (χ2v) is 5.97. The first kappa shape index (κ1) is 16.4. The van der Waals surface area contributed by atoms with Crippen molar-refractivity contribution in [3.8, 4) is 5.88 Å². The van der Waals surface area contributed by atoms with Crippen LogP contribution in [0.2, 0.25) is 5.15 Å². The van der Waals surface area contributed by atoms with E-state index in [2.05, 4.69) is 25.4 Å². The van der Waals surface area contributed by atoms with Crippen LogP contribution in [0.3, 0.4) is 0 Å². The molecule has 0 bridgehead atoms. The normalized spacial score (nSPS) is 17.4. The summed E-state index contributed by atoms with van der Waals surface area (Å²) in [4.78, 5) is 18.6. The van der Waals surface area contributed by atoms with E-state index in [1.807, 2.05) is 6.07 Å². The summed E-state index contributed by atoms with van der Waals surface area (Å²) in [5.74, 6) is 1.12. The van der Waals surface area contributed by atoms with E-state index in [1.165, 1.54) is 0 Å². The molecule has 1 fully saturated rings. The van der Waals surface area contributed by atoms with Gasteiger partial charge in [-0.1, -0.05) is 11.6 Å². The summed E-state index contributed by atoms with van der Waals surface area (Å²) in [5.41, 5.74) is 0.657. The summed E-state index contributed by atoms with van der Waals surface area (Å²) in [7, 11) is 1.55. The van der Waals surface area contributed by atoms with Crippen LogP contribution in [-0.2, 0) is 4.79 Å². The number of halogens is 1. The summed E-state index contributed by atoms with van der Waals surface area (Å²) in [5, 5.41) is 11.2. The fourth-order valence-corrected chi connectivity index (χ4v) is 2.80. The van der Waals surface area contributed by atoms with Crippen molar-refractivity contribution in [1.29, 1.82) is 0 Å². The number of hydrogen-bond donors (Lipinski definition) is 1. The second-order valence-electron chi connectivity index (χ2n) is 5.58. The van der Waals surface area contributed by atoms with Crippen molar-refractivity contribution in [3.63, 3.8) is 0 Å². The van der Waals surface area contributed by atoms with Crippen molar-refractivity contribution >= 4 is 29.0 Å². The number of ether oxygens (including phenoxy) is 1. The van der Waals surface area contributed by atoms with E-state index in [0.29, 0.717) is 23.3 Å². The third kappa shape index (κ3) is 3.91. The Kier molecular flexibility index (Phi) is 5.10. The first-order valence-corrected chi connectivity index (χ1v) is 8.08. The average molecular weight is 348 g/mol. The molecule has 0 aromatic carbocycles. The highest BCUT2D eigenvalue weighted by molar-refractivity contribution is 6.29. The number of carbonyl (C=O) groups excluding carboxylic acids is 1. The van der Waals surface area contributed by atoms with Crippen LogP contribution >= 0.6 is 11.6 Å². The van der Waals surface area contributed by atoms with Crippen LogP contribution < -0.4 is 15.0 Å².